The van der Waals surface area contributed by atoms with Crippen LogP contribution < -0.4 is 10.5 Å². The monoisotopic (exact) mass is 396 g/mol. The number of nitrogens with two attached hydrogens (primary N) is 1. The fourth-order valence-corrected chi connectivity index (χ4v) is 3.33. The van der Waals surface area contributed by atoms with E-state index >= 15 is 0 Å². The van der Waals surface area contributed by atoms with Crippen molar-refractivity contribution in [2.24, 2.45) is 11.1 Å². The number of hydrogen-bond donors (Lipinski definition) is 2. The molecule has 21 heavy (non-hydrogen) atoms. The van der Waals surface area contributed by atoms with Crippen LogP contribution in [0.4, 0.5) is 0 Å². The first kappa shape index (κ1) is 18.4. The van der Waals surface area contributed by atoms with Crippen LogP contribution in [0.5, 0.6) is 0 Å². The number of primary sulfonamides is 1. The van der Waals surface area contributed by atoms with Crippen molar-refractivity contribution in [3.05, 3.63) is 27.2 Å². The lowest BCUT2D eigenvalue weighted by Gasteiger charge is -2.17. The standard InChI is InChI=1S/C13H18BrClN2O3S/c1-7(2)4-8(3)17-13(18)10-5-9(21(16,19)20)6-11(14)12(10)15/h5-8H,4H2,1-3H3,(H,17,18)(H2,16,19,20). The Morgan fingerprint density at radius 3 is 2.43 bits per heavy atom. The van der Waals surface area contributed by atoms with Crippen LogP contribution in [0.15, 0.2) is 21.5 Å². The third-order valence-electron chi connectivity index (χ3n) is 2.78. The van der Waals surface area contributed by atoms with Crippen molar-refractivity contribution in [2.75, 3.05) is 0 Å². The number of hydrogen-bond acceptors (Lipinski definition) is 3. The Labute approximate surface area is 138 Å². The van der Waals surface area contributed by atoms with Crippen molar-refractivity contribution in [2.45, 2.75) is 38.1 Å². The van der Waals surface area contributed by atoms with Gasteiger partial charge in [0.25, 0.3) is 5.91 Å². The largest absolute Gasteiger partial charge is 0.350 e. The smallest absolute Gasteiger partial charge is 0.253 e. The number of sulfonamides is 1. The zero-order chi connectivity index (χ0) is 16.4. The molecule has 118 valence electrons. The summed E-state index contributed by atoms with van der Waals surface area (Å²) in [7, 11) is -3.91. The van der Waals surface area contributed by atoms with Crippen LogP contribution >= 0.6 is 27.5 Å². The highest BCUT2D eigenvalue weighted by Gasteiger charge is 2.20. The molecule has 0 saturated heterocycles. The second-order valence-electron chi connectivity index (χ2n) is 5.32. The first-order valence-corrected chi connectivity index (χ1v) is 9.06. The van der Waals surface area contributed by atoms with Crippen LogP contribution in [0.25, 0.3) is 0 Å². The maximum atomic E-state index is 12.2. The SMILES string of the molecule is CC(C)CC(C)NC(=O)c1cc(S(N)(=O)=O)cc(Br)c1Cl. The number of benzene rings is 1. The summed E-state index contributed by atoms with van der Waals surface area (Å²) >= 11 is 9.19. The van der Waals surface area contributed by atoms with Gasteiger partial charge in [0.1, 0.15) is 0 Å². The van der Waals surface area contributed by atoms with E-state index < -0.39 is 15.9 Å². The lowest BCUT2D eigenvalue weighted by Crippen LogP contribution is -2.33. The highest BCUT2D eigenvalue weighted by atomic mass is 79.9. The van der Waals surface area contributed by atoms with Crippen molar-refractivity contribution < 1.29 is 13.2 Å². The third kappa shape index (κ3) is 5.25. The molecule has 0 saturated carbocycles. The first-order valence-electron chi connectivity index (χ1n) is 6.35. The van der Waals surface area contributed by atoms with Crippen LogP contribution in [0.1, 0.15) is 37.6 Å². The fraction of sp³-hybridized carbons (Fsp3) is 0.462. The maximum Gasteiger partial charge on any atom is 0.253 e. The van der Waals surface area contributed by atoms with Gasteiger partial charge in [-0.25, -0.2) is 13.6 Å². The van der Waals surface area contributed by atoms with Crippen LogP contribution in [-0.4, -0.2) is 20.4 Å². The van der Waals surface area contributed by atoms with Gasteiger partial charge in [0.05, 0.1) is 15.5 Å². The lowest BCUT2D eigenvalue weighted by atomic mass is 10.0. The van der Waals surface area contributed by atoms with Gasteiger partial charge in [-0.2, -0.15) is 0 Å². The Kier molecular flexibility index (Phi) is 6.22. The molecule has 0 aliphatic carbocycles. The maximum absolute atomic E-state index is 12.2. The van der Waals surface area contributed by atoms with E-state index in [4.69, 9.17) is 16.7 Å². The van der Waals surface area contributed by atoms with Gasteiger partial charge >= 0.3 is 0 Å². The first-order chi connectivity index (χ1) is 9.52. The molecule has 1 aromatic carbocycles. The van der Waals surface area contributed by atoms with Gasteiger partial charge in [-0.15, -0.1) is 0 Å². The minimum absolute atomic E-state index is 0.0505. The topological polar surface area (TPSA) is 89.3 Å². The summed E-state index contributed by atoms with van der Waals surface area (Å²) in [6.45, 7) is 5.98. The summed E-state index contributed by atoms with van der Waals surface area (Å²) in [6.07, 6.45) is 0.805. The molecule has 1 rings (SSSR count). The molecule has 0 aromatic heterocycles. The number of nitrogens with one attached hydrogen (secondary N) is 1. The molecule has 1 aromatic rings. The summed E-state index contributed by atoms with van der Waals surface area (Å²) in [5.41, 5.74) is 0.0747. The number of amides is 1. The molecular formula is C13H18BrClN2O3S. The molecule has 0 spiro atoms. The predicted molar refractivity (Wildman–Crippen MR) is 86.9 cm³/mol. The lowest BCUT2D eigenvalue weighted by molar-refractivity contribution is 0.0936. The highest BCUT2D eigenvalue weighted by Crippen LogP contribution is 2.29. The van der Waals surface area contributed by atoms with Crippen LogP contribution in [0, 0.1) is 5.92 Å². The van der Waals surface area contributed by atoms with Crippen LogP contribution in [0.3, 0.4) is 0 Å². The van der Waals surface area contributed by atoms with E-state index in [1.165, 1.54) is 12.1 Å². The normalized spacial score (nSPS) is 13.3. The van der Waals surface area contributed by atoms with Crippen molar-refractivity contribution in [1.82, 2.24) is 5.32 Å². The summed E-state index contributed by atoms with van der Waals surface area (Å²) in [6, 6.07) is 2.40. The van der Waals surface area contributed by atoms with E-state index in [-0.39, 0.29) is 21.5 Å². The molecule has 1 atom stereocenters. The minimum Gasteiger partial charge on any atom is -0.350 e. The molecule has 8 heteroatoms. The van der Waals surface area contributed by atoms with Crippen LogP contribution in [0.2, 0.25) is 5.02 Å². The number of carbonyl (C=O) groups is 1. The molecule has 0 fully saturated rings. The Bertz CT molecular complexity index is 647. The Hall–Kier alpha value is -0.630. The Morgan fingerprint density at radius 2 is 1.95 bits per heavy atom. The molecule has 0 aliphatic rings. The van der Waals surface area contributed by atoms with E-state index in [2.05, 4.69) is 21.2 Å². The van der Waals surface area contributed by atoms with E-state index in [9.17, 15) is 13.2 Å². The molecular weight excluding hydrogens is 380 g/mol. The molecule has 1 unspecified atom stereocenters. The van der Waals surface area contributed by atoms with Gasteiger partial charge in [0, 0.05) is 10.5 Å². The highest BCUT2D eigenvalue weighted by molar-refractivity contribution is 9.10. The summed E-state index contributed by atoms with van der Waals surface area (Å²) < 4.78 is 23.1. The summed E-state index contributed by atoms with van der Waals surface area (Å²) in [5, 5.41) is 8.03. The molecule has 0 aliphatic heterocycles. The van der Waals surface area contributed by atoms with Crippen molar-refractivity contribution >= 4 is 43.5 Å². The number of rotatable bonds is 5. The molecule has 5 nitrogen and oxygen atoms in total. The second-order valence-corrected chi connectivity index (χ2v) is 8.11. The molecule has 3 N–H and O–H groups in total. The number of carbonyl (C=O) groups excluding carboxylic acids is 1. The minimum atomic E-state index is -3.91. The average molecular weight is 398 g/mol. The van der Waals surface area contributed by atoms with Crippen molar-refractivity contribution in [1.29, 1.82) is 0 Å². The summed E-state index contributed by atoms with van der Waals surface area (Å²) in [5.74, 6) is -0.00221. The predicted octanol–water partition coefficient (Wildman–Crippen LogP) is 2.91. The summed E-state index contributed by atoms with van der Waals surface area (Å²) in [4.78, 5) is 12.1. The molecule has 0 heterocycles. The molecule has 0 bridgehead atoms. The Balaban J connectivity index is 3.12. The van der Waals surface area contributed by atoms with E-state index in [1.807, 2.05) is 20.8 Å². The van der Waals surface area contributed by atoms with Gasteiger partial charge in [-0.1, -0.05) is 25.4 Å². The van der Waals surface area contributed by atoms with Gasteiger partial charge < -0.3 is 5.32 Å². The zero-order valence-electron chi connectivity index (χ0n) is 12.0. The van der Waals surface area contributed by atoms with E-state index in [0.29, 0.717) is 10.4 Å². The van der Waals surface area contributed by atoms with Crippen molar-refractivity contribution in [3.8, 4) is 0 Å². The van der Waals surface area contributed by atoms with E-state index in [0.717, 1.165) is 6.42 Å². The quantitative estimate of drug-likeness (QED) is 0.800. The van der Waals surface area contributed by atoms with Gasteiger partial charge in [-0.05, 0) is 47.3 Å². The van der Waals surface area contributed by atoms with Crippen LogP contribution in [-0.2, 0) is 10.0 Å². The third-order valence-corrected chi connectivity index (χ3v) is 4.93. The van der Waals surface area contributed by atoms with E-state index in [1.54, 1.807) is 0 Å². The van der Waals surface area contributed by atoms with Gasteiger partial charge in [-0.3, -0.25) is 4.79 Å². The molecule has 1 amide bonds. The van der Waals surface area contributed by atoms with Crippen molar-refractivity contribution in [3.63, 3.8) is 0 Å². The Morgan fingerprint density at radius 1 is 1.38 bits per heavy atom. The zero-order valence-corrected chi connectivity index (χ0v) is 15.1. The molecule has 0 radical (unpaired) electrons. The van der Waals surface area contributed by atoms with Gasteiger partial charge in [0.15, 0.2) is 0 Å². The second kappa shape index (κ2) is 7.09. The van der Waals surface area contributed by atoms with Gasteiger partial charge in [0.2, 0.25) is 10.0 Å². The number of halogens is 2. The fourth-order valence-electron chi connectivity index (χ4n) is 1.96. The average Bonchev–Trinajstić information content (AvgIpc) is 2.29.